The Balaban J connectivity index is 2.59. The lowest BCUT2D eigenvalue weighted by atomic mass is 10.1. The van der Waals surface area contributed by atoms with Crippen molar-refractivity contribution in [2.24, 2.45) is 0 Å². The normalized spacial score (nSPS) is 12.9. The largest absolute Gasteiger partial charge is 0.544 e. The number of rotatable bonds is 5. The standard InChI is InChI=1S/C19H32O3Si/c1-18(2,3)21-17(20)14-11-15-9-12-16(13-10-15)22-23(7,8)19(4,5)6/h9-10,12-13H,11,14H2,1-8H3. The molecule has 1 aromatic rings. The minimum absolute atomic E-state index is 0.154. The van der Waals surface area contributed by atoms with Crippen LogP contribution in [-0.4, -0.2) is 19.9 Å². The molecular formula is C19H32O3Si. The van der Waals surface area contributed by atoms with Gasteiger partial charge in [0.2, 0.25) is 8.32 Å². The molecular weight excluding hydrogens is 304 g/mol. The zero-order valence-electron chi connectivity index (χ0n) is 15.9. The Morgan fingerprint density at radius 3 is 1.96 bits per heavy atom. The van der Waals surface area contributed by atoms with E-state index >= 15 is 0 Å². The van der Waals surface area contributed by atoms with Crippen LogP contribution in [0.3, 0.4) is 0 Å². The minimum Gasteiger partial charge on any atom is -0.544 e. The fourth-order valence-electron chi connectivity index (χ4n) is 1.81. The van der Waals surface area contributed by atoms with Gasteiger partial charge in [-0.2, -0.15) is 0 Å². The second-order valence-electron chi connectivity index (χ2n) is 8.59. The van der Waals surface area contributed by atoms with Crippen molar-refractivity contribution in [1.29, 1.82) is 0 Å². The molecule has 1 aromatic carbocycles. The molecule has 130 valence electrons. The maximum Gasteiger partial charge on any atom is 0.306 e. The molecule has 0 heterocycles. The molecule has 0 saturated heterocycles. The Kier molecular flexibility index (Phi) is 6.08. The average Bonchev–Trinajstić information content (AvgIpc) is 2.34. The van der Waals surface area contributed by atoms with Gasteiger partial charge in [-0.1, -0.05) is 32.9 Å². The summed E-state index contributed by atoms with van der Waals surface area (Å²) >= 11 is 0. The van der Waals surface area contributed by atoms with Crippen LogP contribution in [0.5, 0.6) is 5.75 Å². The Bertz CT molecular complexity index is 519. The predicted molar refractivity (Wildman–Crippen MR) is 98.4 cm³/mol. The monoisotopic (exact) mass is 336 g/mol. The summed E-state index contributed by atoms with van der Waals surface area (Å²) in [5.74, 6) is 0.761. The van der Waals surface area contributed by atoms with E-state index in [2.05, 4.69) is 33.9 Å². The molecule has 0 aromatic heterocycles. The van der Waals surface area contributed by atoms with E-state index in [0.717, 1.165) is 11.3 Å². The van der Waals surface area contributed by atoms with Crippen LogP contribution >= 0.6 is 0 Å². The average molecular weight is 337 g/mol. The van der Waals surface area contributed by atoms with Crippen molar-refractivity contribution in [3.63, 3.8) is 0 Å². The van der Waals surface area contributed by atoms with Gasteiger partial charge in [-0.05, 0) is 63.0 Å². The zero-order chi connectivity index (χ0) is 17.9. The number of carbonyl (C=O) groups excluding carboxylic acids is 1. The summed E-state index contributed by atoms with van der Waals surface area (Å²) in [6, 6.07) is 8.08. The van der Waals surface area contributed by atoms with Crippen LogP contribution in [0.15, 0.2) is 24.3 Å². The maximum absolute atomic E-state index is 11.8. The molecule has 0 fully saturated rings. The lowest BCUT2D eigenvalue weighted by molar-refractivity contribution is -0.154. The Labute approximate surface area is 142 Å². The van der Waals surface area contributed by atoms with E-state index < -0.39 is 13.9 Å². The van der Waals surface area contributed by atoms with E-state index in [1.54, 1.807) is 0 Å². The number of esters is 1. The zero-order valence-corrected chi connectivity index (χ0v) is 16.9. The topological polar surface area (TPSA) is 35.5 Å². The van der Waals surface area contributed by atoms with Crippen molar-refractivity contribution >= 4 is 14.3 Å². The van der Waals surface area contributed by atoms with E-state index in [-0.39, 0.29) is 11.0 Å². The highest BCUT2D eigenvalue weighted by Crippen LogP contribution is 2.37. The molecule has 0 saturated carbocycles. The molecule has 0 aliphatic heterocycles. The number of benzene rings is 1. The summed E-state index contributed by atoms with van der Waals surface area (Å²) in [4.78, 5) is 11.8. The highest BCUT2D eigenvalue weighted by molar-refractivity contribution is 6.74. The van der Waals surface area contributed by atoms with Crippen molar-refractivity contribution in [2.75, 3.05) is 0 Å². The van der Waals surface area contributed by atoms with Crippen LogP contribution in [0.4, 0.5) is 0 Å². The summed E-state index contributed by atoms with van der Waals surface area (Å²) in [6.45, 7) is 16.8. The fraction of sp³-hybridized carbons (Fsp3) is 0.632. The molecule has 4 heteroatoms. The SMILES string of the molecule is CC(C)(C)OC(=O)CCc1ccc(O[Si](C)(C)C(C)(C)C)cc1. The third-order valence-corrected chi connectivity index (χ3v) is 8.50. The first-order valence-corrected chi connectivity index (χ1v) is 11.2. The second-order valence-corrected chi connectivity index (χ2v) is 13.3. The third-order valence-electron chi connectivity index (χ3n) is 4.14. The third kappa shape index (κ3) is 6.77. The quantitative estimate of drug-likeness (QED) is 0.537. The van der Waals surface area contributed by atoms with Crippen LogP contribution in [0.1, 0.15) is 53.5 Å². The van der Waals surface area contributed by atoms with Crippen LogP contribution < -0.4 is 4.43 Å². The fourth-order valence-corrected chi connectivity index (χ4v) is 2.84. The summed E-state index contributed by atoms with van der Waals surface area (Å²) in [7, 11) is -1.80. The highest BCUT2D eigenvalue weighted by atomic mass is 28.4. The number of ether oxygens (including phenoxy) is 1. The number of hydrogen-bond acceptors (Lipinski definition) is 3. The molecule has 0 bridgehead atoms. The Morgan fingerprint density at radius 1 is 1.00 bits per heavy atom. The summed E-state index contributed by atoms with van der Waals surface area (Å²) < 4.78 is 11.6. The van der Waals surface area contributed by atoms with E-state index in [4.69, 9.17) is 9.16 Å². The minimum atomic E-state index is -1.80. The molecule has 23 heavy (non-hydrogen) atoms. The first-order valence-electron chi connectivity index (χ1n) is 8.30. The van der Waals surface area contributed by atoms with Gasteiger partial charge in [0, 0.05) is 6.42 Å². The summed E-state index contributed by atoms with van der Waals surface area (Å²) in [6.07, 6.45) is 1.09. The van der Waals surface area contributed by atoms with Gasteiger partial charge in [-0.15, -0.1) is 0 Å². The van der Waals surface area contributed by atoms with Gasteiger partial charge in [0.25, 0.3) is 0 Å². The Morgan fingerprint density at radius 2 is 1.52 bits per heavy atom. The van der Waals surface area contributed by atoms with E-state index in [1.165, 1.54) is 0 Å². The van der Waals surface area contributed by atoms with Gasteiger partial charge in [0.15, 0.2) is 0 Å². The van der Waals surface area contributed by atoms with E-state index in [0.29, 0.717) is 12.8 Å². The van der Waals surface area contributed by atoms with Crippen LogP contribution in [0.25, 0.3) is 0 Å². The number of aryl methyl sites for hydroxylation is 1. The van der Waals surface area contributed by atoms with Gasteiger partial charge in [0.05, 0.1) is 0 Å². The molecule has 0 aliphatic carbocycles. The van der Waals surface area contributed by atoms with Crippen molar-refractivity contribution in [1.82, 2.24) is 0 Å². The van der Waals surface area contributed by atoms with E-state index in [1.807, 2.05) is 45.0 Å². The molecule has 0 N–H and O–H groups in total. The summed E-state index contributed by atoms with van der Waals surface area (Å²) in [5.41, 5.74) is 0.705. The van der Waals surface area contributed by atoms with Crippen LogP contribution in [0, 0.1) is 0 Å². The first-order chi connectivity index (χ1) is 10.3. The lowest BCUT2D eigenvalue weighted by Crippen LogP contribution is -2.43. The molecule has 1 rings (SSSR count). The van der Waals surface area contributed by atoms with Crippen LogP contribution in [0.2, 0.25) is 18.1 Å². The van der Waals surface area contributed by atoms with Gasteiger partial charge in [0.1, 0.15) is 11.4 Å². The smallest absolute Gasteiger partial charge is 0.306 e. The van der Waals surface area contributed by atoms with Crippen molar-refractivity contribution in [3.05, 3.63) is 29.8 Å². The molecule has 0 spiro atoms. The van der Waals surface area contributed by atoms with Gasteiger partial charge in [-0.25, -0.2) is 0 Å². The predicted octanol–water partition coefficient (Wildman–Crippen LogP) is 5.34. The van der Waals surface area contributed by atoms with Crippen molar-refractivity contribution in [2.45, 2.75) is 78.1 Å². The van der Waals surface area contributed by atoms with Crippen molar-refractivity contribution in [3.8, 4) is 5.75 Å². The molecule has 3 nitrogen and oxygen atoms in total. The molecule has 0 amide bonds. The van der Waals surface area contributed by atoms with Gasteiger partial charge >= 0.3 is 5.97 Å². The second kappa shape index (κ2) is 7.08. The highest BCUT2D eigenvalue weighted by Gasteiger charge is 2.38. The van der Waals surface area contributed by atoms with E-state index in [9.17, 15) is 4.79 Å². The van der Waals surface area contributed by atoms with Gasteiger partial charge in [-0.3, -0.25) is 4.79 Å². The molecule has 0 unspecified atom stereocenters. The van der Waals surface area contributed by atoms with Crippen LogP contribution in [-0.2, 0) is 16.0 Å². The lowest BCUT2D eigenvalue weighted by Gasteiger charge is -2.36. The first kappa shape index (κ1) is 19.8. The number of hydrogen-bond donors (Lipinski definition) is 0. The molecule has 0 radical (unpaired) electrons. The molecule has 0 atom stereocenters. The van der Waals surface area contributed by atoms with Gasteiger partial charge < -0.3 is 9.16 Å². The Hall–Kier alpha value is -1.29. The van der Waals surface area contributed by atoms with Crippen molar-refractivity contribution < 1.29 is 14.0 Å². The molecule has 0 aliphatic rings. The summed E-state index contributed by atoms with van der Waals surface area (Å²) in [5, 5.41) is 0.183. The number of carbonyl (C=O) groups is 1. The maximum atomic E-state index is 11.8.